The summed E-state index contributed by atoms with van der Waals surface area (Å²) in [6.45, 7) is 8.43. The van der Waals surface area contributed by atoms with Crippen LogP contribution in [0.15, 0.2) is 48.7 Å². The van der Waals surface area contributed by atoms with Crippen LogP contribution in [-0.2, 0) is 18.4 Å². The van der Waals surface area contributed by atoms with E-state index in [2.05, 4.69) is 53.6 Å². The first-order chi connectivity index (χ1) is 19.0. The van der Waals surface area contributed by atoms with E-state index in [9.17, 15) is 9.59 Å². The molecule has 0 radical (unpaired) electrons. The number of hydrogen-bond donors (Lipinski definition) is 3. The number of anilines is 3. The van der Waals surface area contributed by atoms with E-state index >= 15 is 4.39 Å². The highest BCUT2D eigenvalue weighted by molar-refractivity contribution is 6.07. The summed E-state index contributed by atoms with van der Waals surface area (Å²) >= 11 is 0. The van der Waals surface area contributed by atoms with Gasteiger partial charge in [-0.3, -0.25) is 9.59 Å². The van der Waals surface area contributed by atoms with Gasteiger partial charge in [0.25, 0.3) is 11.8 Å². The minimum atomic E-state index is -0.735. The molecular weight excluding hydrogens is 511 g/mol. The van der Waals surface area contributed by atoms with Crippen LogP contribution in [0.2, 0.25) is 0 Å². The Bertz CT molecular complexity index is 1650. The van der Waals surface area contributed by atoms with Crippen molar-refractivity contribution in [2.45, 2.75) is 46.1 Å². The summed E-state index contributed by atoms with van der Waals surface area (Å²) in [6, 6.07) is 12.3. The summed E-state index contributed by atoms with van der Waals surface area (Å²) in [7, 11) is 1.51. The number of pyridine rings is 1. The first-order valence-electron chi connectivity index (χ1n) is 12.9. The van der Waals surface area contributed by atoms with Crippen LogP contribution in [0.3, 0.4) is 0 Å². The maximum absolute atomic E-state index is 15.8. The normalized spacial score (nSPS) is 12.6. The van der Waals surface area contributed by atoms with Crippen molar-refractivity contribution >= 4 is 29.1 Å². The zero-order valence-electron chi connectivity index (χ0n) is 23.1. The number of hydrogen-bond acceptors (Lipinski definition) is 6. The molecule has 0 atom stereocenters. The molecule has 0 saturated carbocycles. The van der Waals surface area contributed by atoms with Crippen LogP contribution >= 0.6 is 0 Å². The van der Waals surface area contributed by atoms with Gasteiger partial charge in [0.05, 0.1) is 7.11 Å². The number of fused-ring (bicyclic) bond motifs is 2. The van der Waals surface area contributed by atoms with Gasteiger partial charge in [-0.25, -0.2) is 14.1 Å². The van der Waals surface area contributed by atoms with Crippen LogP contribution < -0.4 is 21.1 Å². The molecule has 0 fully saturated rings. The van der Waals surface area contributed by atoms with Gasteiger partial charge in [0.15, 0.2) is 0 Å². The number of ether oxygens (including phenoxy) is 1. The topological polar surface area (TPSA) is 124 Å². The van der Waals surface area contributed by atoms with Crippen LogP contribution in [0, 0.1) is 12.7 Å². The van der Waals surface area contributed by atoms with Crippen molar-refractivity contribution in [2.24, 2.45) is 5.73 Å². The van der Waals surface area contributed by atoms with E-state index in [0.717, 1.165) is 11.3 Å². The zero-order valence-corrected chi connectivity index (χ0v) is 23.1. The second-order valence-electron chi connectivity index (χ2n) is 10.8. The van der Waals surface area contributed by atoms with Crippen LogP contribution in [0.1, 0.15) is 58.2 Å². The molecule has 3 heterocycles. The summed E-state index contributed by atoms with van der Waals surface area (Å²) in [5.74, 6) is -0.741. The van der Waals surface area contributed by atoms with E-state index in [1.807, 2.05) is 6.07 Å². The standard InChI is InChI=1S/C30H31FN6O3/c1-16-20(29(39)35-23-15-19(40-5)10-12-33-23)7-8-21(25(16)31)26-24(27(32)38)28-34-22-9-6-18(30(2,3)4)14-17(22)11-13-37(28)36-26/h6-10,12,14-15,34H,11,13H2,1-5H3,(H2,32,38)(H,33,35,39). The number of carbonyl (C=O) groups excluding carboxylic acids is 2. The zero-order chi connectivity index (χ0) is 28.8. The van der Waals surface area contributed by atoms with E-state index < -0.39 is 17.6 Å². The molecule has 0 saturated heterocycles. The van der Waals surface area contributed by atoms with Gasteiger partial charge >= 0.3 is 0 Å². The number of nitrogens with one attached hydrogen (secondary N) is 2. The Morgan fingerprint density at radius 1 is 1.15 bits per heavy atom. The molecule has 1 aliphatic rings. The molecule has 206 valence electrons. The highest BCUT2D eigenvalue weighted by Crippen LogP contribution is 2.37. The minimum Gasteiger partial charge on any atom is -0.497 e. The molecule has 0 spiro atoms. The summed E-state index contributed by atoms with van der Waals surface area (Å²) < 4.78 is 22.6. The maximum Gasteiger partial charge on any atom is 0.257 e. The van der Waals surface area contributed by atoms with Crippen molar-refractivity contribution in [3.8, 4) is 17.0 Å². The Morgan fingerprint density at radius 2 is 1.93 bits per heavy atom. The average molecular weight is 543 g/mol. The molecule has 40 heavy (non-hydrogen) atoms. The van der Waals surface area contributed by atoms with Gasteiger partial charge in [-0.2, -0.15) is 5.10 Å². The molecule has 1 aliphatic heterocycles. The number of nitrogens with zero attached hydrogens (tertiary/aromatic N) is 3. The fourth-order valence-electron chi connectivity index (χ4n) is 4.82. The van der Waals surface area contributed by atoms with E-state index in [0.29, 0.717) is 24.5 Å². The van der Waals surface area contributed by atoms with E-state index in [1.165, 1.54) is 37.9 Å². The molecule has 2 aromatic heterocycles. The van der Waals surface area contributed by atoms with Gasteiger partial charge in [0.1, 0.15) is 34.5 Å². The first kappa shape index (κ1) is 26.9. The molecule has 0 bridgehead atoms. The van der Waals surface area contributed by atoms with E-state index in [-0.39, 0.29) is 39.2 Å². The quantitative estimate of drug-likeness (QED) is 0.312. The number of methoxy groups -OCH3 is 1. The predicted octanol–water partition coefficient (Wildman–Crippen LogP) is 5.35. The molecular formula is C30H31FN6O3. The van der Waals surface area contributed by atoms with Gasteiger partial charge in [-0.1, -0.05) is 32.9 Å². The fraction of sp³-hybridized carbons (Fsp3) is 0.267. The number of carbonyl (C=O) groups is 2. The van der Waals surface area contributed by atoms with Gasteiger partial charge in [-0.15, -0.1) is 0 Å². The van der Waals surface area contributed by atoms with Crippen LogP contribution in [0.5, 0.6) is 5.75 Å². The Morgan fingerprint density at radius 3 is 2.62 bits per heavy atom. The molecule has 10 heteroatoms. The van der Waals surface area contributed by atoms with Crippen LogP contribution in [0.4, 0.5) is 21.7 Å². The van der Waals surface area contributed by atoms with Crippen molar-refractivity contribution < 1.29 is 18.7 Å². The molecule has 4 aromatic rings. The molecule has 2 aromatic carbocycles. The smallest absolute Gasteiger partial charge is 0.257 e. The molecule has 0 unspecified atom stereocenters. The van der Waals surface area contributed by atoms with Crippen LogP contribution in [-0.4, -0.2) is 33.7 Å². The van der Waals surface area contributed by atoms with Crippen molar-refractivity contribution in [1.82, 2.24) is 14.8 Å². The van der Waals surface area contributed by atoms with Gasteiger partial charge in [0, 0.05) is 35.6 Å². The molecule has 0 aliphatic carbocycles. The second-order valence-corrected chi connectivity index (χ2v) is 10.8. The van der Waals surface area contributed by atoms with Crippen molar-refractivity contribution in [1.29, 1.82) is 0 Å². The van der Waals surface area contributed by atoms with Crippen LogP contribution in [0.25, 0.3) is 11.3 Å². The molecule has 9 nitrogen and oxygen atoms in total. The fourth-order valence-corrected chi connectivity index (χ4v) is 4.82. The maximum atomic E-state index is 15.8. The monoisotopic (exact) mass is 542 g/mol. The Hall–Kier alpha value is -4.73. The van der Waals surface area contributed by atoms with E-state index in [4.69, 9.17) is 10.5 Å². The number of aromatic nitrogens is 3. The van der Waals surface area contributed by atoms with Gasteiger partial charge in [-0.05, 0) is 59.7 Å². The first-order valence-corrected chi connectivity index (χ1v) is 12.9. The largest absolute Gasteiger partial charge is 0.497 e. The summed E-state index contributed by atoms with van der Waals surface area (Å²) in [4.78, 5) is 29.7. The molecule has 5 rings (SSSR count). The SMILES string of the molecule is COc1ccnc(NC(=O)c2ccc(-c3nn4c(c3C(N)=O)Nc3ccc(C(C)(C)C)cc3CC4)c(F)c2C)c1. The average Bonchev–Trinajstić information content (AvgIpc) is 3.17. The van der Waals surface area contributed by atoms with Crippen molar-refractivity contribution in [3.05, 3.63) is 82.3 Å². The third-order valence-corrected chi connectivity index (χ3v) is 7.11. The number of benzene rings is 2. The number of nitrogens with two attached hydrogens (primary N) is 1. The summed E-state index contributed by atoms with van der Waals surface area (Å²) in [5.41, 5.74) is 9.44. The summed E-state index contributed by atoms with van der Waals surface area (Å²) in [5, 5.41) is 10.6. The Kier molecular flexibility index (Phi) is 6.79. The highest BCUT2D eigenvalue weighted by Gasteiger charge is 2.29. The Labute approximate surface area is 231 Å². The lowest BCUT2D eigenvalue weighted by atomic mass is 9.85. The van der Waals surface area contributed by atoms with Gasteiger partial charge < -0.3 is 21.1 Å². The van der Waals surface area contributed by atoms with Crippen molar-refractivity contribution in [3.63, 3.8) is 0 Å². The van der Waals surface area contributed by atoms with Crippen molar-refractivity contribution in [2.75, 3.05) is 17.7 Å². The van der Waals surface area contributed by atoms with Gasteiger partial charge in [0.2, 0.25) is 0 Å². The third-order valence-electron chi connectivity index (χ3n) is 7.11. The number of aryl methyl sites for hydroxylation is 2. The minimum absolute atomic E-state index is 0.0105. The highest BCUT2D eigenvalue weighted by atomic mass is 19.1. The second kappa shape index (κ2) is 10.1. The Balaban J connectivity index is 1.51. The molecule has 4 N–H and O–H groups in total. The third kappa shape index (κ3) is 4.88. The lowest BCUT2D eigenvalue weighted by Crippen LogP contribution is -2.16. The predicted molar refractivity (Wildman–Crippen MR) is 152 cm³/mol. The number of rotatable bonds is 5. The van der Waals surface area contributed by atoms with E-state index in [1.54, 1.807) is 16.8 Å². The lowest BCUT2D eigenvalue weighted by Gasteiger charge is -2.21. The molecule has 2 amide bonds. The lowest BCUT2D eigenvalue weighted by molar-refractivity contribution is 0.0998. The summed E-state index contributed by atoms with van der Waals surface area (Å²) in [6.07, 6.45) is 2.16. The number of amides is 2. The number of primary amides is 1. The number of halogens is 1.